The van der Waals surface area contributed by atoms with Crippen molar-refractivity contribution < 1.29 is 0 Å². The van der Waals surface area contributed by atoms with E-state index in [1.165, 1.54) is 25.7 Å². The Balaban J connectivity index is 1.71. The SMILES string of the molecule is CC1CCC(NCC#Cc2ccccc2)CC1. The highest BCUT2D eigenvalue weighted by Crippen LogP contribution is 2.23. The highest BCUT2D eigenvalue weighted by atomic mass is 14.9. The Morgan fingerprint density at radius 2 is 1.82 bits per heavy atom. The van der Waals surface area contributed by atoms with E-state index in [0.717, 1.165) is 18.0 Å². The van der Waals surface area contributed by atoms with Crippen molar-refractivity contribution in [2.75, 3.05) is 6.54 Å². The van der Waals surface area contributed by atoms with Crippen LogP contribution in [0.15, 0.2) is 30.3 Å². The summed E-state index contributed by atoms with van der Waals surface area (Å²) < 4.78 is 0. The molecule has 17 heavy (non-hydrogen) atoms. The lowest BCUT2D eigenvalue weighted by molar-refractivity contribution is 0.315. The van der Waals surface area contributed by atoms with Crippen LogP contribution in [0.5, 0.6) is 0 Å². The molecular weight excluding hydrogens is 206 g/mol. The van der Waals surface area contributed by atoms with Crippen LogP contribution < -0.4 is 5.32 Å². The molecule has 1 aromatic rings. The van der Waals surface area contributed by atoms with Crippen LogP contribution in [0.1, 0.15) is 38.2 Å². The molecule has 1 saturated carbocycles. The van der Waals surface area contributed by atoms with Crippen molar-refractivity contribution in [1.29, 1.82) is 0 Å². The quantitative estimate of drug-likeness (QED) is 0.765. The molecule has 1 fully saturated rings. The largest absolute Gasteiger partial charge is 0.303 e. The zero-order valence-electron chi connectivity index (χ0n) is 10.6. The van der Waals surface area contributed by atoms with Crippen LogP contribution in [0.3, 0.4) is 0 Å². The fraction of sp³-hybridized carbons (Fsp3) is 0.500. The van der Waals surface area contributed by atoms with E-state index in [1.807, 2.05) is 18.2 Å². The van der Waals surface area contributed by atoms with Gasteiger partial charge in [0.2, 0.25) is 0 Å². The van der Waals surface area contributed by atoms with Gasteiger partial charge in [-0.25, -0.2) is 0 Å². The molecule has 1 aliphatic carbocycles. The normalized spacial score (nSPS) is 23.8. The molecule has 0 atom stereocenters. The van der Waals surface area contributed by atoms with E-state index in [9.17, 15) is 0 Å². The lowest BCUT2D eigenvalue weighted by atomic mass is 9.87. The standard InChI is InChI=1S/C16H21N/c1-14-9-11-16(12-10-14)17-13-5-8-15-6-3-2-4-7-15/h2-4,6-7,14,16-17H,9-13H2,1H3. The van der Waals surface area contributed by atoms with Gasteiger partial charge in [-0.05, 0) is 43.7 Å². The van der Waals surface area contributed by atoms with Crippen molar-refractivity contribution in [2.24, 2.45) is 5.92 Å². The van der Waals surface area contributed by atoms with Crippen LogP contribution in [0.2, 0.25) is 0 Å². The van der Waals surface area contributed by atoms with Gasteiger partial charge in [-0.2, -0.15) is 0 Å². The molecule has 0 spiro atoms. The maximum absolute atomic E-state index is 3.54. The fourth-order valence-electron chi connectivity index (χ4n) is 2.33. The van der Waals surface area contributed by atoms with E-state index in [2.05, 4.69) is 36.2 Å². The smallest absolute Gasteiger partial charge is 0.0582 e. The third kappa shape index (κ3) is 4.24. The Labute approximate surface area is 105 Å². The zero-order chi connectivity index (χ0) is 11.9. The molecule has 1 N–H and O–H groups in total. The second kappa shape index (κ2) is 6.47. The summed E-state index contributed by atoms with van der Waals surface area (Å²) in [6, 6.07) is 10.9. The highest BCUT2D eigenvalue weighted by Gasteiger charge is 2.16. The predicted octanol–water partition coefficient (Wildman–Crippen LogP) is 3.21. The molecule has 1 heteroatoms. The number of hydrogen-bond acceptors (Lipinski definition) is 1. The van der Waals surface area contributed by atoms with Crippen LogP contribution in [0, 0.1) is 17.8 Å². The first-order chi connectivity index (χ1) is 8.34. The lowest BCUT2D eigenvalue weighted by Crippen LogP contribution is -2.32. The van der Waals surface area contributed by atoms with Gasteiger partial charge < -0.3 is 5.32 Å². The Bertz CT molecular complexity index is 377. The van der Waals surface area contributed by atoms with Crippen LogP contribution in [-0.2, 0) is 0 Å². The topological polar surface area (TPSA) is 12.0 Å². The first-order valence-corrected chi connectivity index (χ1v) is 6.62. The van der Waals surface area contributed by atoms with Gasteiger partial charge in [0.15, 0.2) is 0 Å². The average Bonchev–Trinajstić information content (AvgIpc) is 2.38. The van der Waals surface area contributed by atoms with Crippen molar-refractivity contribution in [3.63, 3.8) is 0 Å². The van der Waals surface area contributed by atoms with Crippen molar-refractivity contribution in [1.82, 2.24) is 5.32 Å². The Morgan fingerprint density at radius 1 is 1.12 bits per heavy atom. The summed E-state index contributed by atoms with van der Waals surface area (Å²) in [5, 5.41) is 3.54. The Morgan fingerprint density at radius 3 is 2.53 bits per heavy atom. The van der Waals surface area contributed by atoms with Crippen LogP contribution in [-0.4, -0.2) is 12.6 Å². The van der Waals surface area contributed by atoms with E-state index in [1.54, 1.807) is 0 Å². The van der Waals surface area contributed by atoms with Gasteiger partial charge in [-0.15, -0.1) is 0 Å². The summed E-state index contributed by atoms with van der Waals surface area (Å²) in [4.78, 5) is 0. The molecule has 0 aromatic heterocycles. The molecule has 1 aromatic carbocycles. The summed E-state index contributed by atoms with van der Waals surface area (Å²) in [5.41, 5.74) is 1.10. The number of benzene rings is 1. The highest BCUT2D eigenvalue weighted by molar-refractivity contribution is 5.33. The van der Waals surface area contributed by atoms with Gasteiger partial charge in [-0.1, -0.05) is 37.0 Å². The van der Waals surface area contributed by atoms with Gasteiger partial charge in [0.25, 0.3) is 0 Å². The summed E-state index contributed by atoms with van der Waals surface area (Å²) >= 11 is 0. The predicted molar refractivity (Wildman–Crippen MR) is 72.7 cm³/mol. The van der Waals surface area contributed by atoms with E-state index in [0.29, 0.717) is 6.04 Å². The molecular formula is C16H21N. The van der Waals surface area contributed by atoms with Crippen LogP contribution in [0.25, 0.3) is 0 Å². The van der Waals surface area contributed by atoms with Crippen molar-refractivity contribution in [3.05, 3.63) is 35.9 Å². The molecule has 1 aliphatic rings. The van der Waals surface area contributed by atoms with Gasteiger partial charge in [-0.3, -0.25) is 0 Å². The summed E-state index contributed by atoms with van der Waals surface area (Å²) in [7, 11) is 0. The molecule has 90 valence electrons. The first-order valence-electron chi connectivity index (χ1n) is 6.62. The third-order valence-electron chi connectivity index (χ3n) is 3.50. The van der Waals surface area contributed by atoms with Crippen LogP contribution in [0.4, 0.5) is 0 Å². The summed E-state index contributed by atoms with van der Waals surface area (Å²) in [6.07, 6.45) is 5.36. The molecule has 0 heterocycles. The van der Waals surface area contributed by atoms with E-state index < -0.39 is 0 Å². The van der Waals surface area contributed by atoms with E-state index in [4.69, 9.17) is 0 Å². The molecule has 0 radical (unpaired) electrons. The van der Waals surface area contributed by atoms with Crippen molar-refractivity contribution in [2.45, 2.75) is 38.6 Å². The Kier molecular flexibility index (Phi) is 4.64. The summed E-state index contributed by atoms with van der Waals surface area (Å²) in [5.74, 6) is 7.30. The Hall–Kier alpha value is -1.26. The van der Waals surface area contributed by atoms with Gasteiger partial charge in [0.1, 0.15) is 0 Å². The fourth-order valence-corrected chi connectivity index (χ4v) is 2.33. The second-order valence-corrected chi connectivity index (χ2v) is 5.01. The first kappa shape index (κ1) is 12.2. The maximum Gasteiger partial charge on any atom is 0.0582 e. The minimum atomic E-state index is 0.691. The van der Waals surface area contributed by atoms with Gasteiger partial charge in [0.05, 0.1) is 6.54 Å². The van der Waals surface area contributed by atoms with Crippen LogP contribution >= 0.6 is 0 Å². The minimum absolute atomic E-state index is 0.691. The monoisotopic (exact) mass is 227 g/mol. The molecule has 1 nitrogen and oxygen atoms in total. The molecule has 2 rings (SSSR count). The lowest BCUT2D eigenvalue weighted by Gasteiger charge is -2.26. The molecule has 0 amide bonds. The van der Waals surface area contributed by atoms with Gasteiger partial charge in [0, 0.05) is 11.6 Å². The second-order valence-electron chi connectivity index (χ2n) is 5.01. The number of nitrogens with one attached hydrogen (secondary N) is 1. The van der Waals surface area contributed by atoms with Crippen molar-refractivity contribution >= 4 is 0 Å². The summed E-state index contributed by atoms with van der Waals surface area (Å²) in [6.45, 7) is 3.17. The van der Waals surface area contributed by atoms with E-state index in [-0.39, 0.29) is 0 Å². The van der Waals surface area contributed by atoms with Crippen molar-refractivity contribution in [3.8, 4) is 11.8 Å². The molecule has 0 unspecified atom stereocenters. The average molecular weight is 227 g/mol. The number of hydrogen-bond donors (Lipinski definition) is 1. The zero-order valence-corrected chi connectivity index (χ0v) is 10.6. The maximum atomic E-state index is 3.54. The third-order valence-corrected chi connectivity index (χ3v) is 3.50. The van der Waals surface area contributed by atoms with Gasteiger partial charge >= 0.3 is 0 Å². The molecule has 0 aliphatic heterocycles. The molecule has 0 saturated heterocycles. The minimum Gasteiger partial charge on any atom is -0.303 e. The number of rotatable bonds is 2. The van der Waals surface area contributed by atoms with E-state index >= 15 is 0 Å². The molecule has 0 bridgehead atoms.